The first-order valence-electron chi connectivity index (χ1n) is 6.55. The molecule has 6 heteroatoms. The molecule has 1 aromatic carbocycles. The summed E-state index contributed by atoms with van der Waals surface area (Å²) < 4.78 is 0. The fraction of sp³-hybridized carbons (Fsp3) is 0.267. The number of carbonyl (C=O) groups is 1. The van der Waals surface area contributed by atoms with E-state index in [2.05, 4.69) is 23.7 Å². The number of amides is 1. The Bertz CT molecular complexity index is 642. The maximum Gasteiger partial charge on any atom is 0.279 e. The number of quaternary nitrogens is 1. The molecule has 0 aliphatic heterocycles. The second-order valence-corrected chi connectivity index (χ2v) is 6.83. The maximum absolute atomic E-state index is 12.0. The van der Waals surface area contributed by atoms with Gasteiger partial charge >= 0.3 is 0 Å². The zero-order valence-electron chi connectivity index (χ0n) is 11.9. The maximum atomic E-state index is 12.0. The second kappa shape index (κ2) is 7.27. The number of carbonyl (C=O) groups excluding carboxylic acids is 1. The first-order valence-corrected chi connectivity index (χ1v) is 8.18. The molecule has 0 saturated carbocycles. The minimum Gasteiger partial charge on any atom is -0.325 e. The Morgan fingerprint density at radius 3 is 2.67 bits per heavy atom. The summed E-state index contributed by atoms with van der Waals surface area (Å²) in [6, 6.07) is 7.17. The number of nitrogens with one attached hydrogen (secondary N) is 2. The van der Waals surface area contributed by atoms with Crippen LogP contribution in [0, 0.1) is 6.92 Å². The summed E-state index contributed by atoms with van der Waals surface area (Å²) >= 11 is 13.5. The van der Waals surface area contributed by atoms with Crippen LogP contribution >= 0.6 is 34.5 Å². The molecule has 0 saturated heterocycles. The molecular formula is C15H17Cl2N2OS+. The summed E-state index contributed by atoms with van der Waals surface area (Å²) in [4.78, 5) is 14.5. The van der Waals surface area contributed by atoms with Gasteiger partial charge in [0.15, 0.2) is 6.54 Å². The highest BCUT2D eigenvalue weighted by molar-refractivity contribution is 7.10. The number of anilines is 1. The zero-order chi connectivity index (χ0) is 15.4. The molecule has 0 fully saturated rings. The van der Waals surface area contributed by atoms with Gasteiger partial charge in [0.2, 0.25) is 0 Å². The third-order valence-electron chi connectivity index (χ3n) is 3.10. The van der Waals surface area contributed by atoms with Crippen molar-refractivity contribution < 1.29 is 9.69 Å². The van der Waals surface area contributed by atoms with Gasteiger partial charge < -0.3 is 10.2 Å². The lowest BCUT2D eigenvalue weighted by molar-refractivity contribution is -0.884. The first-order chi connectivity index (χ1) is 9.95. The second-order valence-electron chi connectivity index (χ2n) is 5.01. The SMILES string of the molecule is Cc1ccsc1C[NH+](C)CC(=O)Nc1ccc(Cl)c(Cl)c1. The number of halogens is 2. The highest BCUT2D eigenvalue weighted by atomic mass is 35.5. The molecule has 1 aromatic heterocycles. The molecule has 1 atom stereocenters. The van der Waals surface area contributed by atoms with Crippen molar-refractivity contribution in [2.45, 2.75) is 13.5 Å². The zero-order valence-corrected chi connectivity index (χ0v) is 14.2. The van der Waals surface area contributed by atoms with Crippen molar-refractivity contribution >= 4 is 46.1 Å². The van der Waals surface area contributed by atoms with Crippen LogP contribution in [0.1, 0.15) is 10.4 Å². The van der Waals surface area contributed by atoms with Crippen LogP contribution in [0.15, 0.2) is 29.6 Å². The molecule has 112 valence electrons. The molecule has 0 aliphatic rings. The van der Waals surface area contributed by atoms with Crippen LogP contribution < -0.4 is 10.2 Å². The Kier molecular flexibility index (Phi) is 5.65. The number of benzene rings is 1. The van der Waals surface area contributed by atoms with Gasteiger partial charge in [0.05, 0.1) is 22.0 Å². The molecule has 21 heavy (non-hydrogen) atoms. The Morgan fingerprint density at radius 1 is 1.29 bits per heavy atom. The minimum atomic E-state index is -0.0416. The number of thiophene rings is 1. The van der Waals surface area contributed by atoms with Crippen LogP contribution in [0.4, 0.5) is 5.69 Å². The third-order valence-corrected chi connectivity index (χ3v) is 4.86. The largest absolute Gasteiger partial charge is 0.325 e. The van der Waals surface area contributed by atoms with Crippen LogP contribution in [0.25, 0.3) is 0 Å². The summed E-state index contributed by atoms with van der Waals surface area (Å²) in [5.74, 6) is -0.0416. The summed E-state index contributed by atoms with van der Waals surface area (Å²) in [7, 11) is 2.01. The lowest BCUT2D eigenvalue weighted by atomic mass is 10.3. The highest BCUT2D eigenvalue weighted by Gasteiger charge is 2.13. The Balaban J connectivity index is 1.89. The average Bonchev–Trinajstić information content (AvgIpc) is 2.79. The van der Waals surface area contributed by atoms with E-state index in [9.17, 15) is 4.79 Å². The van der Waals surface area contributed by atoms with Crippen LogP contribution in [0.5, 0.6) is 0 Å². The monoisotopic (exact) mass is 343 g/mol. The molecule has 0 bridgehead atoms. The Morgan fingerprint density at radius 2 is 2.05 bits per heavy atom. The van der Waals surface area contributed by atoms with Crippen LogP contribution in [0.2, 0.25) is 10.0 Å². The lowest BCUT2D eigenvalue weighted by Crippen LogP contribution is -3.08. The minimum absolute atomic E-state index is 0.0416. The predicted molar refractivity (Wildman–Crippen MR) is 89.6 cm³/mol. The van der Waals surface area contributed by atoms with Crippen molar-refractivity contribution in [2.75, 3.05) is 18.9 Å². The van der Waals surface area contributed by atoms with E-state index in [0.29, 0.717) is 22.3 Å². The summed E-state index contributed by atoms with van der Waals surface area (Å²) in [6.45, 7) is 3.34. The van der Waals surface area contributed by atoms with E-state index >= 15 is 0 Å². The topological polar surface area (TPSA) is 33.5 Å². The number of hydrogen-bond acceptors (Lipinski definition) is 2. The van der Waals surface area contributed by atoms with Crippen LogP contribution in [-0.4, -0.2) is 19.5 Å². The molecule has 3 nitrogen and oxygen atoms in total. The number of likely N-dealkylation sites (N-methyl/N-ethyl adjacent to an activating group) is 1. The van der Waals surface area contributed by atoms with Crippen molar-refractivity contribution in [3.8, 4) is 0 Å². The van der Waals surface area contributed by atoms with E-state index in [1.54, 1.807) is 29.5 Å². The standard InChI is InChI=1S/C15H16Cl2N2OS/c1-10-5-6-21-14(10)8-19(2)9-15(20)18-11-3-4-12(16)13(17)7-11/h3-7H,8-9H2,1-2H3,(H,18,20)/p+1. The molecule has 0 spiro atoms. The third kappa shape index (κ3) is 4.71. The van der Waals surface area contributed by atoms with Crippen molar-refractivity contribution in [3.05, 3.63) is 50.1 Å². The number of aryl methyl sites for hydroxylation is 1. The fourth-order valence-corrected chi connectivity index (χ4v) is 3.29. The predicted octanol–water partition coefficient (Wildman–Crippen LogP) is 3.02. The van der Waals surface area contributed by atoms with E-state index in [0.717, 1.165) is 11.4 Å². The Hall–Kier alpha value is -1.07. The molecule has 0 radical (unpaired) electrons. The van der Waals surface area contributed by atoms with E-state index in [1.807, 2.05) is 7.05 Å². The Labute approximate surface area is 138 Å². The quantitative estimate of drug-likeness (QED) is 0.859. The van der Waals surface area contributed by atoms with E-state index < -0.39 is 0 Å². The van der Waals surface area contributed by atoms with Crippen molar-refractivity contribution in [1.82, 2.24) is 0 Å². The van der Waals surface area contributed by atoms with Crippen molar-refractivity contribution in [2.24, 2.45) is 0 Å². The molecule has 0 aliphatic carbocycles. The van der Waals surface area contributed by atoms with Crippen LogP contribution in [-0.2, 0) is 11.3 Å². The highest BCUT2D eigenvalue weighted by Crippen LogP contribution is 2.24. The van der Waals surface area contributed by atoms with Crippen LogP contribution in [0.3, 0.4) is 0 Å². The molecule has 2 N–H and O–H groups in total. The summed E-state index contributed by atoms with van der Waals surface area (Å²) in [5.41, 5.74) is 1.94. The molecule has 1 amide bonds. The normalized spacial score (nSPS) is 12.2. The van der Waals surface area contributed by atoms with E-state index in [4.69, 9.17) is 23.2 Å². The van der Waals surface area contributed by atoms with Crippen molar-refractivity contribution in [3.63, 3.8) is 0 Å². The van der Waals surface area contributed by atoms with E-state index in [-0.39, 0.29) is 5.91 Å². The molecule has 2 aromatic rings. The van der Waals surface area contributed by atoms with Gasteiger partial charge in [-0.1, -0.05) is 23.2 Å². The van der Waals surface area contributed by atoms with Gasteiger partial charge in [-0.05, 0) is 42.1 Å². The van der Waals surface area contributed by atoms with Gasteiger partial charge in [-0.15, -0.1) is 11.3 Å². The smallest absolute Gasteiger partial charge is 0.279 e. The lowest BCUT2D eigenvalue weighted by Gasteiger charge is -2.13. The summed E-state index contributed by atoms with van der Waals surface area (Å²) in [6.07, 6.45) is 0. The van der Waals surface area contributed by atoms with E-state index in [1.165, 1.54) is 10.4 Å². The first kappa shape index (κ1) is 16.3. The van der Waals surface area contributed by atoms with Crippen molar-refractivity contribution in [1.29, 1.82) is 0 Å². The van der Waals surface area contributed by atoms with Gasteiger partial charge in [-0.3, -0.25) is 4.79 Å². The molecule has 1 heterocycles. The van der Waals surface area contributed by atoms with Gasteiger partial charge in [0, 0.05) is 5.69 Å². The molecule has 1 unspecified atom stereocenters. The van der Waals surface area contributed by atoms with Gasteiger partial charge in [0.1, 0.15) is 6.54 Å². The van der Waals surface area contributed by atoms with Gasteiger partial charge in [-0.25, -0.2) is 0 Å². The van der Waals surface area contributed by atoms with Gasteiger partial charge in [0.25, 0.3) is 5.91 Å². The van der Waals surface area contributed by atoms with Gasteiger partial charge in [-0.2, -0.15) is 0 Å². The molecular weight excluding hydrogens is 327 g/mol. The average molecular weight is 344 g/mol. The summed E-state index contributed by atoms with van der Waals surface area (Å²) in [5, 5.41) is 5.82. The number of rotatable bonds is 5. The fourth-order valence-electron chi connectivity index (χ4n) is 1.97. The number of hydrogen-bond donors (Lipinski definition) is 2. The molecule has 2 rings (SSSR count).